The molecule has 0 aliphatic rings. The molecule has 8 heteroatoms. The summed E-state index contributed by atoms with van der Waals surface area (Å²) in [6, 6.07) is 1.37. The van der Waals surface area contributed by atoms with Gasteiger partial charge in [-0.2, -0.15) is 0 Å². The number of rotatable bonds is 7. The maximum Gasteiger partial charge on any atom is 0.242 e. The van der Waals surface area contributed by atoms with E-state index >= 15 is 0 Å². The SMILES string of the molecule is CCC(COC)NS(=O)(=O)c1cc(CN)sc1Br. The molecule has 18 heavy (non-hydrogen) atoms. The van der Waals surface area contributed by atoms with Crippen LogP contribution in [0.3, 0.4) is 0 Å². The number of nitrogens with one attached hydrogen (secondary N) is 1. The van der Waals surface area contributed by atoms with Crippen molar-refractivity contribution in [3.8, 4) is 0 Å². The molecule has 104 valence electrons. The van der Waals surface area contributed by atoms with Crippen LogP contribution in [0.4, 0.5) is 0 Å². The second-order valence-electron chi connectivity index (χ2n) is 3.74. The van der Waals surface area contributed by atoms with Gasteiger partial charge in [0.15, 0.2) is 0 Å². The van der Waals surface area contributed by atoms with Crippen LogP contribution in [0.15, 0.2) is 14.7 Å². The average Bonchev–Trinajstić information content (AvgIpc) is 2.70. The third kappa shape index (κ3) is 4.01. The monoisotopic (exact) mass is 356 g/mol. The fourth-order valence-electron chi connectivity index (χ4n) is 1.40. The first-order valence-electron chi connectivity index (χ1n) is 5.44. The summed E-state index contributed by atoms with van der Waals surface area (Å²) in [6.45, 7) is 2.58. The Morgan fingerprint density at radius 3 is 2.72 bits per heavy atom. The highest BCUT2D eigenvalue weighted by Gasteiger charge is 2.23. The Morgan fingerprint density at radius 2 is 2.28 bits per heavy atom. The number of ether oxygens (including phenoxy) is 1. The van der Waals surface area contributed by atoms with Crippen LogP contribution in [-0.4, -0.2) is 28.2 Å². The molecule has 3 N–H and O–H groups in total. The van der Waals surface area contributed by atoms with Gasteiger partial charge >= 0.3 is 0 Å². The number of sulfonamides is 1. The molecule has 0 aliphatic heterocycles. The number of hydrogen-bond acceptors (Lipinski definition) is 5. The molecule has 0 saturated heterocycles. The Balaban J connectivity index is 2.94. The summed E-state index contributed by atoms with van der Waals surface area (Å²) < 4.78 is 32.6. The van der Waals surface area contributed by atoms with Crippen molar-refractivity contribution in [3.05, 3.63) is 14.7 Å². The van der Waals surface area contributed by atoms with Crippen LogP contribution >= 0.6 is 27.3 Å². The second kappa shape index (κ2) is 6.97. The summed E-state index contributed by atoms with van der Waals surface area (Å²) in [5.41, 5.74) is 5.50. The molecule has 1 rings (SSSR count). The average molecular weight is 357 g/mol. The molecule has 0 saturated carbocycles. The zero-order chi connectivity index (χ0) is 13.8. The number of methoxy groups -OCH3 is 1. The van der Waals surface area contributed by atoms with Gasteiger partial charge in [-0.05, 0) is 28.4 Å². The lowest BCUT2D eigenvalue weighted by molar-refractivity contribution is 0.173. The highest BCUT2D eigenvalue weighted by molar-refractivity contribution is 9.11. The van der Waals surface area contributed by atoms with Gasteiger partial charge in [-0.3, -0.25) is 0 Å². The van der Waals surface area contributed by atoms with Crippen molar-refractivity contribution in [2.24, 2.45) is 5.73 Å². The smallest absolute Gasteiger partial charge is 0.242 e. The van der Waals surface area contributed by atoms with Crippen LogP contribution < -0.4 is 10.5 Å². The van der Waals surface area contributed by atoms with Crippen LogP contribution in [0.1, 0.15) is 18.2 Å². The molecule has 1 aromatic heterocycles. The van der Waals surface area contributed by atoms with Crippen LogP contribution in [0.5, 0.6) is 0 Å². The Hall–Kier alpha value is 0.01000. The van der Waals surface area contributed by atoms with Crippen molar-refractivity contribution < 1.29 is 13.2 Å². The van der Waals surface area contributed by atoms with E-state index in [4.69, 9.17) is 10.5 Å². The van der Waals surface area contributed by atoms with Crippen LogP contribution in [-0.2, 0) is 21.3 Å². The van der Waals surface area contributed by atoms with E-state index in [-0.39, 0.29) is 10.9 Å². The summed E-state index contributed by atoms with van der Waals surface area (Å²) in [5.74, 6) is 0. The molecule has 0 spiro atoms. The Morgan fingerprint density at radius 1 is 1.61 bits per heavy atom. The third-order valence-corrected chi connectivity index (χ3v) is 6.17. The maximum atomic E-state index is 12.2. The van der Waals surface area contributed by atoms with E-state index < -0.39 is 10.0 Å². The minimum absolute atomic E-state index is 0.229. The van der Waals surface area contributed by atoms with Gasteiger partial charge in [0.25, 0.3) is 0 Å². The first-order valence-corrected chi connectivity index (χ1v) is 8.53. The zero-order valence-corrected chi connectivity index (χ0v) is 13.5. The third-order valence-electron chi connectivity index (χ3n) is 2.38. The molecular weight excluding hydrogens is 340 g/mol. The van der Waals surface area contributed by atoms with Gasteiger partial charge in [0.1, 0.15) is 4.90 Å². The van der Waals surface area contributed by atoms with Gasteiger partial charge in [-0.15, -0.1) is 11.3 Å². The quantitative estimate of drug-likeness (QED) is 0.778. The van der Waals surface area contributed by atoms with E-state index in [0.29, 0.717) is 23.4 Å². The molecule has 1 aromatic rings. The van der Waals surface area contributed by atoms with Gasteiger partial charge in [0.05, 0.1) is 10.4 Å². The maximum absolute atomic E-state index is 12.2. The van der Waals surface area contributed by atoms with Gasteiger partial charge in [-0.1, -0.05) is 6.92 Å². The molecule has 1 unspecified atom stereocenters. The van der Waals surface area contributed by atoms with E-state index in [1.807, 2.05) is 6.92 Å². The van der Waals surface area contributed by atoms with Gasteiger partial charge < -0.3 is 10.5 Å². The minimum atomic E-state index is -3.54. The fraction of sp³-hybridized carbons (Fsp3) is 0.600. The summed E-state index contributed by atoms with van der Waals surface area (Å²) >= 11 is 4.59. The topological polar surface area (TPSA) is 81.4 Å². The summed E-state index contributed by atoms with van der Waals surface area (Å²) in [4.78, 5) is 1.06. The molecular formula is C10H17BrN2O3S2. The van der Waals surface area contributed by atoms with Gasteiger partial charge in [0, 0.05) is 24.6 Å². The predicted molar refractivity (Wildman–Crippen MR) is 76.2 cm³/mol. The molecule has 1 atom stereocenters. The van der Waals surface area contributed by atoms with E-state index in [1.54, 1.807) is 13.2 Å². The predicted octanol–water partition coefficient (Wildman–Crippen LogP) is 1.67. The molecule has 0 bridgehead atoms. The van der Waals surface area contributed by atoms with E-state index in [9.17, 15) is 8.42 Å². The van der Waals surface area contributed by atoms with Crippen LogP contribution in [0, 0.1) is 0 Å². The Kier molecular flexibility index (Phi) is 6.22. The summed E-state index contributed by atoms with van der Waals surface area (Å²) in [6.07, 6.45) is 0.665. The van der Waals surface area contributed by atoms with E-state index in [1.165, 1.54) is 11.3 Å². The molecule has 5 nitrogen and oxygen atoms in total. The van der Waals surface area contributed by atoms with Crippen LogP contribution in [0.25, 0.3) is 0 Å². The van der Waals surface area contributed by atoms with E-state index in [2.05, 4.69) is 20.7 Å². The van der Waals surface area contributed by atoms with Crippen molar-refractivity contribution in [2.45, 2.75) is 30.8 Å². The molecule has 0 amide bonds. The highest BCUT2D eigenvalue weighted by atomic mass is 79.9. The number of nitrogens with two attached hydrogens (primary N) is 1. The normalized spacial score (nSPS) is 13.8. The summed E-state index contributed by atoms with van der Waals surface area (Å²) in [5, 5.41) is 0. The van der Waals surface area contributed by atoms with Gasteiger partial charge in [0.2, 0.25) is 10.0 Å². The van der Waals surface area contributed by atoms with Crippen molar-refractivity contribution in [2.75, 3.05) is 13.7 Å². The largest absolute Gasteiger partial charge is 0.383 e. The number of halogens is 1. The minimum Gasteiger partial charge on any atom is -0.383 e. The lowest BCUT2D eigenvalue weighted by atomic mass is 10.3. The van der Waals surface area contributed by atoms with Gasteiger partial charge in [-0.25, -0.2) is 13.1 Å². The lowest BCUT2D eigenvalue weighted by Crippen LogP contribution is -2.37. The summed E-state index contributed by atoms with van der Waals surface area (Å²) in [7, 11) is -1.99. The van der Waals surface area contributed by atoms with Crippen molar-refractivity contribution in [3.63, 3.8) is 0 Å². The Labute approximate surface area is 120 Å². The highest BCUT2D eigenvalue weighted by Crippen LogP contribution is 2.31. The number of hydrogen-bond donors (Lipinski definition) is 2. The molecule has 1 heterocycles. The first-order chi connectivity index (χ1) is 8.44. The Bertz CT molecular complexity index is 487. The van der Waals surface area contributed by atoms with Crippen molar-refractivity contribution in [1.29, 1.82) is 0 Å². The zero-order valence-electron chi connectivity index (χ0n) is 10.3. The molecule has 0 aliphatic carbocycles. The molecule has 0 aromatic carbocycles. The van der Waals surface area contributed by atoms with Crippen LogP contribution in [0.2, 0.25) is 0 Å². The lowest BCUT2D eigenvalue weighted by Gasteiger charge is -2.15. The first kappa shape index (κ1) is 16.1. The standard InChI is InChI=1S/C10H17BrN2O3S2/c1-3-7(6-16-2)13-18(14,15)9-4-8(5-12)17-10(9)11/h4,7,13H,3,5-6,12H2,1-2H3. The fourth-order valence-corrected chi connectivity index (χ4v) is 5.27. The second-order valence-corrected chi connectivity index (χ2v) is 7.87. The van der Waals surface area contributed by atoms with Crippen molar-refractivity contribution in [1.82, 2.24) is 4.72 Å². The van der Waals surface area contributed by atoms with E-state index in [0.717, 1.165) is 4.88 Å². The number of thiophene rings is 1. The molecule has 0 fully saturated rings. The molecule has 0 radical (unpaired) electrons. The van der Waals surface area contributed by atoms with Crippen molar-refractivity contribution >= 4 is 37.3 Å².